The number of aromatic nitrogens is 2. The molecule has 0 amide bonds. The number of hydrogen-bond acceptors (Lipinski definition) is 5. The average Bonchev–Trinajstić information content (AvgIpc) is 2.32. The molecule has 0 bridgehead atoms. The Hall–Kier alpha value is -0.550. The summed E-state index contributed by atoms with van der Waals surface area (Å²) in [6.45, 7) is 7.96. The Morgan fingerprint density at radius 3 is 2.67 bits per heavy atom. The molecule has 0 aliphatic carbocycles. The van der Waals surface area contributed by atoms with Gasteiger partial charge in [0.1, 0.15) is 5.82 Å². The molecule has 0 N–H and O–H groups in total. The fourth-order valence-electron chi connectivity index (χ4n) is 1.90. The average molecular weight is 282 g/mol. The SMILES string of the molecule is CC(=O)c1cnc(C2CSC(C)C(C)S2)nc1C. The summed E-state index contributed by atoms with van der Waals surface area (Å²) in [6.07, 6.45) is 1.67. The lowest BCUT2D eigenvalue weighted by atomic mass is 10.2. The van der Waals surface area contributed by atoms with Crippen molar-refractivity contribution < 1.29 is 4.79 Å². The third kappa shape index (κ3) is 2.88. The summed E-state index contributed by atoms with van der Waals surface area (Å²) in [6, 6.07) is 0. The van der Waals surface area contributed by atoms with Crippen molar-refractivity contribution >= 4 is 29.3 Å². The number of rotatable bonds is 2. The highest BCUT2D eigenvalue weighted by Gasteiger charge is 2.28. The summed E-state index contributed by atoms with van der Waals surface area (Å²) in [7, 11) is 0. The van der Waals surface area contributed by atoms with Crippen LogP contribution in [-0.2, 0) is 0 Å². The van der Waals surface area contributed by atoms with E-state index >= 15 is 0 Å². The summed E-state index contributed by atoms with van der Waals surface area (Å²) in [5.41, 5.74) is 1.43. The maximum absolute atomic E-state index is 11.4. The normalized spacial score (nSPS) is 28.1. The largest absolute Gasteiger partial charge is 0.294 e. The molecule has 5 heteroatoms. The van der Waals surface area contributed by atoms with Gasteiger partial charge in [-0.2, -0.15) is 11.8 Å². The van der Waals surface area contributed by atoms with Gasteiger partial charge in [-0.1, -0.05) is 13.8 Å². The minimum absolute atomic E-state index is 0.0340. The number of Topliss-reactive ketones (excluding diaryl/α,β-unsaturated/α-hetero) is 1. The van der Waals surface area contributed by atoms with Gasteiger partial charge in [0.15, 0.2) is 5.78 Å². The van der Waals surface area contributed by atoms with Crippen LogP contribution in [0.1, 0.15) is 47.9 Å². The number of hydrogen-bond donors (Lipinski definition) is 0. The van der Waals surface area contributed by atoms with Crippen LogP contribution in [0.2, 0.25) is 0 Å². The number of carbonyl (C=O) groups is 1. The summed E-state index contributed by atoms with van der Waals surface area (Å²) < 4.78 is 0. The van der Waals surface area contributed by atoms with Crippen molar-refractivity contribution in [2.45, 2.75) is 43.4 Å². The van der Waals surface area contributed by atoms with Gasteiger partial charge < -0.3 is 0 Å². The topological polar surface area (TPSA) is 42.9 Å². The van der Waals surface area contributed by atoms with Gasteiger partial charge in [0.05, 0.1) is 16.5 Å². The van der Waals surface area contributed by atoms with E-state index in [1.54, 1.807) is 13.1 Å². The maximum Gasteiger partial charge on any atom is 0.163 e. The van der Waals surface area contributed by atoms with Crippen LogP contribution < -0.4 is 0 Å². The van der Waals surface area contributed by atoms with Crippen LogP contribution in [0.5, 0.6) is 0 Å². The van der Waals surface area contributed by atoms with Gasteiger partial charge in [0, 0.05) is 22.4 Å². The first-order chi connectivity index (χ1) is 8.49. The quantitative estimate of drug-likeness (QED) is 0.779. The van der Waals surface area contributed by atoms with E-state index < -0.39 is 0 Å². The van der Waals surface area contributed by atoms with Crippen molar-refractivity contribution in [1.29, 1.82) is 0 Å². The molecule has 3 atom stereocenters. The smallest absolute Gasteiger partial charge is 0.163 e. The fourth-order valence-corrected chi connectivity index (χ4v) is 4.76. The second-order valence-corrected chi connectivity index (χ2v) is 7.65. The van der Waals surface area contributed by atoms with Crippen molar-refractivity contribution in [1.82, 2.24) is 9.97 Å². The van der Waals surface area contributed by atoms with Crippen molar-refractivity contribution in [3.8, 4) is 0 Å². The predicted octanol–water partition coefficient (Wildman–Crippen LogP) is 3.29. The molecule has 1 aliphatic rings. The molecule has 0 saturated carbocycles. The van der Waals surface area contributed by atoms with E-state index in [2.05, 4.69) is 23.8 Å². The molecule has 98 valence electrons. The Labute approximate surface area is 117 Å². The lowest BCUT2D eigenvalue weighted by molar-refractivity contribution is 0.101. The minimum atomic E-state index is 0.0340. The van der Waals surface area contributed by atoms with Crippen molar-refractivity contribution in [3.05, 3.63) is 23.3 Å². The first kappa shape index (κ1) is 13.9. The highest BCUT2D eigenvalue weighted by molar-refractivity contribution is 8.07. The first-order valence-electron chi connectivity index (χ1n) is 6.10. The van der Waals surface area contributed by atoms with Crippen LogP contribution in [-0.4, -0.2) is 32.0 Å². The van der Waals surface area contributed by atoms with Crippen LogP contribution in [0, 0.1) is 6.92 Å². The van der Waals surface area contributed by atoms with E-state index in [0.717, 1.165) is 17.3 Å². The van der Waals surface area contributed by atoms with Crippen molar-refractivity contribution in [3.63, 3.8) is 0 Å². The number of nitrogens with zero attached hydrogens (tertiary/aromatic N) is 2. The summed E-state index contributed by atoms with van der Waals surface area (Å²) >= 11 is 3.92. The van der Waals surface area contributed by atoms with Crippen molar-refractivity contribution in [2.24, 2.45) is 0 Å². The van der Waals surface area contributed by atoms with E-state index in [1.807, 2.05) is 30.4 Å². The van der Waals surface area contributed by atoms with Gasteiger partial charge in [-0.15, -0.1) is 11.8 Å². The van der Waals surface area contributed by atoms with E-state index in [0.29, 0.717) is 21.3 Å². The Balaban J connectivity index is 2.19. The van der Waals surface area contributed by atoms with Crippen LogP contribution in [0.15, 0.2) is 6.20 Å². The van der Waals surface area contributed by atoms with E-state index in [1.165, 1.54) is 0 Å². The van der Waals surface area contributed by atoms with Crippen LogP contribution in [0.4, 0.5) is 0 Å². The second kappa shape index (κ2) is 5.61. The zero-order chi connectivity index (χ0) is 13.3. The Morgan fingerprint density at radius 2 is 2.11 bits per heavy atom. The molecule has 0 radical (unpaired) electrons. The standard InChI is InChI=1S/C13H18N2OS2/c1-7-11(8(2)16)5-14-13(15-7)12-6-17-9(3)10(4)18-12/h5,9-10,12H,6H2,1-4H3. The Bertz CT molecular complexity index is 464. The van der Waals surface area contributed by atoms with E-state index in [-0.39, 0.29) is 5.78 Å². The predicted molar refractivity (Wildman–Crippen MR) is 78.5 cm³/mol. The first-order valence-corrected chi connectivity index (χ1v) is 8.09. The summed E-state index contributed by atoms with van der Waals surface area (Å²) in [5.74, 6) is 1.95. The summed E-state index contributed by atoms with van der Waals surface area (Å²) in [4.78, 5) is 20.2. The van der Waals surface area contributed by atoms with Gasteiger partial charge in [-0.3, -0.25) is 4.79 Å². The molecule has 2 rings (SSSR count). The summed E-state index contributed by atoms with van der Waals surface area (Å²) in [5, 5.41) is 1.65. The zero-order valence-corrected chi connectivity index (χ0v) is 12.8. The number of thioether (sulfide) groups is 2. The minimum Gasteiger partial charge on any atom is -0.294 e. The molecule has 0 spiro atoms. The van der Waals surface area contributed by atoms with Crippen LogP contribution in [0.3, 0.4) is 0 Å². The van der Waals surface area contributed by atoms with Crippen molar-refractivity contribution in [2.75, 3.05) is 5.75 Å². The molecular weight excluding hydrogens is 264 g/mol. The third-order valence-corrected chi connectivity index (χ3v) is 6.60. The molecule has 1 fully saturated rings. The van der Waals surface area contributed by atoms with Gasteiger partial charge in [0.2, 0.25) is 0 Å². The van der Waals surface area contributed by atoms with Gasteiger partial charge in [0.25, 0.3) is 0 Å². The second-order valence-electron chi connectivity index (χ2n) is 4.65. The van der Waals surface area contributed by atoms with Crippen LogP contribution in [0.25, 0.3) is 0 Å². The molecule has 3 nitrogen and oxygen atoms in total. The van der Waals surface area contributed by atoms with Gasteiger partial charge in [-0.25, -0.2) is 9.97 Å². The molecule has 1 aromatic heterocycles. The van der Waals surface area contributed by atoms with Gasteiger partial charge >= 0.3 is 0 Å². The number of aryl methyl sites for hydroxylation is 1. The Morgan fingerprint density at radius 1 is 1.39 bits per heavy atom. The lowest BCUT2D eigenvalue weighted by Gasteiger charge is -2.30. The molecule has 18 heavy (non-hydrogen) atoms. The Kier molecular flexibility index (Phi) is 4.33. The number of carbonyl (C=O) groups excluding carboxylic acids is 1. The molecule has 0 aromatic carbocycles. The van der Waals surface area contributed by atoms with Crippen LogP contribution >= 0.6 is 23.5 Å². The highest BCUT2D eigenvalue weighted by atomic mass is 32.2. The molecule has 1 aliphatic heterocycles. The van der Waals surface area contributed by atoms with E-state index in [9.17, 15) is 4.79 Å². The van der Waals surface area contributed by atoms with Gasteiger partial charge in [-0.05, 0) is 13.8 Å². The van der Waals surface area contributed by atoms with E-state index in [4.69, 9.17) is 0 Å². The molecular formula is C13H18N2OS2. The molecule has 3 unspecified atom stereocenters. The monoisotopic (exact) mass is 282 g/mol. The molecule has 1 saturated heterocycles. The fraction of sp³-hybridized carbons (Fsp3) is 0.615. The molecule has 1 aromatic rings. The maximum atomic E-state index is 11.4. The third-order valence-electron chi connectivity index (χ3n) is 3.22. The zero-order valence-electron chi connectivity index (χ0n) is 11.1. The lowest BCUT2D eigenvalue weighted by Crippen LogP contribution is -2.23. The number of ketones is 1. The molecule has 2 heterocycles. The highest BCUT2D eigenvalue weighted by Crippen LogP contribution is 2.43.